The fraction of sp³-hybridized carbons (Fsp3) is 0.0417. The lowest BCUT2D eigenvalue weighted by atomic mass is 10.1. The van der Waals surface area contributed by atoms with Gasteiger partial charge in [-0.3, -0.25) is 9.78 Å². The predicted octanol–water partition coefficient (Wildman–Crippen LogP) is 4.22. The number of nitrogens with one attached hydrogen (secondary N) is 1. The highest BCUT2D eigenvalue weighted by Crippen LogP contribution is 2.24. The Balaban J connectivity index is 1.51. The minimum absolute atomic E-state index is 0.0337. The van der Waals surface area contributed by atoms with E-state index in [0.717, 1.165) is 11.1 Å². The Morgan fingerprint density at radius 3 is 2.36 bits per heavy atom. The number of benzene rings is 1. The molecule has 180 valence electrons. The number of nitrogens with two attached hydrogens (primary N) is 1. The highest BCUT2D eigenvalue weighted by Gasteiger charge is 2.34. The number of anilines is 1. The molecule has 0 saturated heterocycles. The third-order valence-corrected chi connectivity index (χ3v) is 4.72. The van der Waals surface area contributed by atoms with Crippen molar-refractivity contribution in [3.8, 4) is 11.1 Å². The van der Waals surface area contributed by atoms with Crippen LogP contribution in [0.2, 0.25) is 0 Å². The van der Waals surface area contributed by atoms with Crippen LogP contribution in [0.15, 0.2) is 90.7 Å². The molecule has 3 heterocycles. The van der Waals surface area contributed by atoms with Crippen LogP contribution in [-0.2, 0) is 0 Å². The number of carbonyl (C=O) groups is 1. The molecule has 1 aromatic carbocycles. The number of nitrogens with zero attached hydrogens (tertiary/aromatic N) is 6. The summed E-state index contributed by atoms with van der Waals surface area (Å²) in [6.45, 7) is 0. The molecular weight excluding hydrogens is 473 g/mol. The van der Waals surface area contributed by atoms with E-state index in [1.807, 2.05) is 0 Å². The molecule has 3 aromatic heterocycles. The van der Waals surface area contributed by atoms with Gasteiger partial charge in [0.2, 0.25) is 0 Å². The van der Waals surface area contributed by atoms with Gasteiger partial charge in [0.05, 0.1) is 0 Å². The van der Waals surface area contributed by atoms with Crippen molar-refractivity contribution in [3.05, 3.63) is 96.8 Å². The number of alkyl halides is 3. The summed E-state index contributed by atoms with van der Waals surface area (Å²) in [7, 11) is 0. The molecule has 4 aromatic rings. The van der Waals surface area contributed by atoms with E-state index in [4.69, 9.17) is 5.73 Å². The Hall–Kier alpha value is -5.00. The first kappa shape index (κ1) is 24.1. The molecule has 0 unspecified atom stereocenters. The number of hydrogen-bond donors (Lipinski definition) is 2. The van der Waals surface area contributed by atoms with Gasteiger partial charge in [0.1, 0.15) is 12.0 Å². The number of halogens is 3. The third kappa shape index (κ3) is 6.11. The van der Waals surface area contributed by atoms with Crippen LogP contribution in [0, 0.1) is 0 Å². The van der Waals surface area contributed by atoms with E-state index in [9.17, 15) is 18.0 Å². The molecule has 0 atom stereocenters. The van der Waals surface area contributed by atoms with E-state index < -0.39 is 17.8 Å². The van der Waals surface area contributed by atoms with Gasteiger partial charge in [0.25, 0.3) is 5.91 Å². The Morgan fingerprint density at radius 2 is 1.69 bits per heavy atom. The largest absolute Gasteiger partial charge is 0.433 e. The van der Waals surface area contributed by atoms with Crippen molar-refractivity contribution in [2.45, 2.75) is 6.18 Å². The van der Waals surface area contributed by atoms with Gasteiger partial charge in [0, 0.05) is 47.2 Å². The average Bonchev–Trinajstić information content (AvgIpc) is 2.90. The lowest BCUT2D eigenvalue weighted by Gasteiger charge is -2.09. The summed E-state index contributed by atoms with van der Waals surface area (Å²) in [5.74, 6) is -0.768. The maximum absolute atomic E-state index is 13.5. The van der Waals surface area contributed by atoms with Crippen LogP contribution < -0.4 is 11.1 Å². The summed E-state index contributed by atoms with van der Waals surface area (Å²) in [5.41, 5.74) is 6.44. The molecule has 3 N–H and O–H groups in total. The fourth-order valence-electron chi connectivity index (χ4n) is 2.99. The summed E-state index contributed by atoms with van der Waals surface area (Å²) < 4.78 is 40.5. The highest BCUT2D eigenvalue weighted by molar-refractivity contribution is 6.05. The average molecular weight is 490 g/mol. The van der Waals surface area contributed by atoms with Crippen LogP contribution in [0.4, 0.5) is 24.8 Å². The third-order valence-electron chi connectivity index (χ3n) is 4.72. The van der Waals surface area contributed by atoms with Gasteiger partial charge in [-0.2, -0.15) is 13.2 Å². The predicted molar refractivity (Wildman–Crippen MR) is 127 cm³/mol. The zero-order valence-corrected chi connectivity index (χ0v) is 18.4. The zero-order chi connectivity index (χ0) is 25.5. The van der Waals surface area contributed by atoms with Crippen LogP contribution in [0.3, 0.4) is 0 Å². The number of hydrogen-bond acceptors (Lipinski definition) is 8. The number of amides is 1. The van der Waals surface area contributed by atoms with Crippen molar-refractivity contribution in [3.63, 3.8) is 0 Å². The fourth-order valence-corrected chi connectivity index (χ4v) is 2.99. The van der Waals surface area contributed by atoms with E-state index in [-0.39, 0.29) is 17.3 Å². The van der Waals surface area contributed by atoms with Crippen molar-refractivity contribution in [1.82, 2.24) is 25.1 Å². The Kier molecular flexibility index (Phi) is 7.04. The van der Waals surface area contributed by atoms with Gasteiger partial charge in [-0.05, 0) is 48.0 Å². The van der Waals surface area contributed by atoms with Crippen molar-refractivity contribution in [1.29, 1.82) is 0 Å². The smallest absolute Gasteiger partial charge is 0.398 e. The number of rotatable bonds is 6. The maximum atomic E-state index is 13.5. The minimum Gasteiger partial charge on any atom is -0.398 e. The molecule has 12 heteroatoms. The van der Waals surface area contributed by atoms with E-state index in [1.165, 1.54) is 36.9 Å². The van der Waals surface area contributed by atoms with Crippen LogP contribution in [0.1, 0.15) is 15.9 Å². The molecule has 9 nitrogen and oxygen atoms in total. The standard InChI is InChI=1S/C24H17F3N8O/c25-24(26,27)20(10-19(28)17-5-2-8-29-11-17)32-21-6-7-22(35-34-21)33-23(36)16-4-1-3-15(9-16)18-12-30-14-31-13-18/h1-14H,28H2,(H,33,35,36). The van der Waals surface area contributed by atoms with E-state index in [2.05, 4.69) is 35.5 Å². The molecule has 36 heavy (non-hydrogen) atoms. The van der Waals surface area contributed by atoms with E-state index in [0.29, 0.717) is 17.2 Å². The van der Waals surface area contributed by atoms with Crippen molar-refractivity contribution >= 4 is 29.0 Å². The molecule has 0 saturated carbocycles. The Bertz CT molecular complexity index is 1410. The molecule has 0 radical (unpaired) electrons. The number of pyridine rings is 1. The number of allylic oxidation sites excluding steroid dienone is 1. The summed E-state index contributed by atoms with van der Waals surface area (Å²) >= 11 is 0. The van der Waals surface area contributed by atoms with Gasteiger partial charge in [-0.25, -0.2) is 15.0 Å². The quantitative estimate of drug-likeness (QED) is 0.387. The Morgan fingerprint density at radius 1 is 0.917 bits per heavy atom. The zero-order valence-electron chi connectivity index (χ0n) is 18.4. The summed E-state index contributed by atoms with van der Waals surface area (Å²) in [6.07, 6.45) is 3.33. The molecule has 0 aliphatic rings. The minimum atomic E-state index is -4.80. The second kappa shape index (κ2) is 10.5. The van der Waals surface area contributed by atoms with Crippen LogP contribution in [0.25, 0.3) is 16.8 Å². The van der Waals surface area contributed by atoms with E-state index in [1.54, 1.807) is 42.7 Å². The lowest BCUT2D eigenvalue weighted by molar-refractivity contribution is -0.0576. The van der Waals surface area contributed by atoms with Gasteiger partial charge in [0.15, 0.2) is 11.6 Å². The normalized spacial score (nSPS) is 12.3. The summed E-state index contributed by atoms with van der Waals surface area (Å²) in [5, 5.41) is 9.98. The number of aliphatic imine (C=N–C) groups is 1. The molecule has 0 fully saturated rings. The van der Waals surface area contributed by atoms with Crippen molar-refractivity contribution < 1.29 is 18.0 Å². The molecule has 0 aliphatic heterocycles. The first-order valence-corrected chi connectivity index (χ1v) is 10.3. The maximum Gasteiger partial charge on any atom is 0.433 e. The Labute approximate surface area is 202 Å². The molecule has 1 amide bonds. The van der Waals surface area contributed by atoms with Gasteiger partial charge >= 0.3 is 6.18 Å². The SMILES string of the molecule is NC(=CC(=Nc1ccc(NC(=O)c2cccc(-c3cncnc3)c2)nn1)C(F)(F)F)c1cccnc1. The molecule has 0 bridgehead atoms. The molecule has 4 rings (SSSR count). The van der Waals surface area contributed by atoms with Crippen molar-refractivity contribution in [2.24, 2.45) is 10.7 Å². The molecule has 0 aliphatic carbocycles. The topological polar surface area (TPSA) is 132 Å². The second-order valence-corrected chi connectivity index (χ2v) is 7.28. The lowest BCUT2D eigenvalue weighted by Crippen LogP contribution is -2.22. The number of carbonyl (C=O) groups excluding carboxylic acids is 1. The summed E-state index contributed by atoms with van der Waals surface area (Å²) in [4.78, 5) is 27.9. The van der Waals surface area contributed by atoms with Gasteiger partial charge in [-0.1, -0.05) is 12.1 Å². The van der Waals surface area contributed by atoms with Crippen LogP contribution in [0.5, 0.6) is 0 Å². The first-order chi connectivity index (χ1) is 17.3. The molecular formula is C24H17F3N8O. The van der Waals surface area contributed by atoms with Gasteiger partial charge in [-0.15, -0.1) is 10.2 Å². The first-order valence-electron chi connectivity index (χ1n) is 10.3. The second-order valence-electron chi connectivity index (χ2n) is 7.28. The highest BCUT2D eigenvalue weighted by atomic mass is 19.4. The molecule has 0 spiro atoms. The monoisotopic (exact) mass is 490 g/mol. The van der Waals surface area contributed by atoms with Gasteiger partial charge < -0.3 is 11.1 Å². The van der Waals surface area contributed by atoms with Crippen LogP contribution in [-0.4, -0.2) is 42.9 Å². The van der Waals surface area contributed by atoms with E-state index >= 15 is 0 Å². The summed E-state index contributed by atoms with van der Waals surface area (Å²) in [6, 6.07) is 12.3. The number of aromatic nitrogens is 5. The van der Waals surface area contributed by atoms with Crippen molar-refractivity contribution in [2.75, 3.05) is 5.32 Å². The van der Waals surface area contributed by atoms with Crippen LogP contribution >= 0.6 is 0 Å².